The van der Waals surface area contributed by atoms with Gasteiger partial charge in [0.2, 0.25) is 0 Å². The number of hydrogen-bond donors (Lipinski definition) is 1. The molecule has 0 radical (unpaired) electrons. The van der Waals surface area contributed by atoms with Gasteiger partial charge in [-0.2, -0.15) is 4.98 Å². The van der Waals surface area contributed by atoms with Gasteiger partial charge in [0.25, 0.3) is 5.89 Å². The summed E-state index contributed by atoms with van der Waals surface area (Å²) >= 11 is 5.94. The summed E-state index contributed by atoms with van der Waals surface area (Å²) in [5, 5.41) is 4.42. The van der Waals surface area contributed by atoms with Crippen molar-refractivity contribution in [2.75, 3.05) is 5.73 Å². The van der Waals surface area contributed by atoms with Gasteiger partial charge >= 0.3 is 0 Å². The second kappa shape index (κ2) is 5.19. The molecular formula is C12H14ClN3O. The molecular weight excluding hydrogens is 238 g/mol. The van der Waals surface area contributed by atoms with E-state index in [1.54, 1.807) is 12.1 Å². The van der Waals surface area contributed by atoms with Crippen molar-refractivity contribution in [3.63, 3.8) is 0 Å². The van der Waals surface area contributed by atoms with Gasteiger partial charge in [-0.25, -0.2) is 0 Å². The maximum atomic E-state index is 5.94. The average Bonchev–Trinajstić information content (AvgIpc) is 2.79. The van der Waals surface area contributed by atoms with Crippen LogP contribution in [-0.2, 0) is 6.42 Å². The molecule has 4 nitrogen and oxygen atoms in total. The largest absolute Gasteiger partial charge is 0.398 e. The van der Waals surface area contributed by atoms with Crippen LogP contribution < -0.4 is 5.73 Å². The third kappa shape index (κ3) is 2.77. The molecule has 90 valence electrons. The number of nitrogen functional groups attached to an aromatic ring is 1. The molecule has 1 aromatic carbocycles. The minimum Gasteiger partial charge on any atom is -0.398 e. The molecule has 0 aliphatic rings. The monoisotopic (exact) mass is 251 g/mol. The summed E-state index contributed by atoms with van der Waals surface area (Å²) in [6, 6.07) is 5.28. The van der Waals surface area contributed by atoms with Gasteiger partial charge in [0, 0.05) is 12.0 Å². The number of aryl methyl sites for hydroxylation is 1. The molecule has 0 amide bonds. The minimum atomic E-state index is 0.484. The molecule has 1 aromatic heterocycles. The van der Waals surface area contributed by atoms with Crippen LogP contribution in [0.15, 0.2) is 22.7 Å². The lowest BCUT2D eigenvalue weighted by Crippen LogP contribution is -1.88. The SMILES string of the molecule is CCCCc1noc(-c2ccc(N)c(Cl)c2)n1. The smallest absolute Gasteiger partial charge is 0.257 e. The number of nitrogens with zero attached hydrogens (tertiary/aromatic N) is 2. The topological polar surface area (TPSA) is 64.9 Å². The van der Waals surface area contributed by atoms with Crippen molar-refractivity contribution in [3.8, 4) is 11.5 Å². The Morgan fingerprint density at radius 2 is 2.24 bits per heavy atom. The first-order chi connectivity index (χ1) is 8.20. The first kappa shape index (κ1) is 11.9. The molecule has 2 rings (SSSR count). The number of hydrogen-bond acceptors (Lipinski definition) is 4. The van der Waals surface area contributed by atoms with Crippen molar-refractivity contribution in [1.82, 2.24) is 10.1 Å². The number of aromatic nitrogens is 2. The van der Waals surface area contributed by atoms with Crippen molar-refractivity contribution >= 4 is 17.3 Å². The number of nitrogens with two attached hydrogens (primary N) is 1. The highest BCUT2D eigenvalue weighted by Crippen LogP contribution is 2.25. The van der Waals surface area contributed by atoms with Crippen molar-refractivity contribution in [3.05, 3.63) is 29.0 Å². The van der Waals surface area contributed by atoms with E-state index in [1.807, 2.05) is 6.07 Å². The summed E-state index contributed by atoms with van der Waals surface area (Å²) in [6.45, 7) is 2.13. The van der Waals surface area contributed by atoms with Gasteiger partial charge in [-0.15, -0.1) is 0 Å². The van der Waals surface area contributed by atoms with Gasteiger partial charge in [0.05, 0.1) is 10.7 Å². The summed E-state index contributed by atoms with van der Waals surface area (Å²) in [6.07, 6.45) is 3.00. The molecule has 2 N–H and O–H groups in total. The number of rotatable bonds is 4. The van der Waals surface area contributed by atoms with E-state index in [-0.39, 0.29) is 0 Å². The molecule has 5 heteroatoms. The van der Waals surface area contributed by atoms with Gasteiger partial charge in [-0.3, -0.25) is 0 Å². The Labute approximate surface area is 105 Å². The fourth-order valence-electron chi connectivity index (χ4n) is 1.47. The van der Waals surface area contributed by atoms with Crippen molar-refractivity contribution < 1.29 is 4.52 Å². The quantitative estimate of drug-likeness (QED) is 0.847. The average molecular weight is 252 g/mol. The van der Waals surface area contributed by atoms with E-state index < -0.39 is 0 Å². The van der Waals surface area contributed by atoms with Crippen molar-refractivity contribution in [2.24, 2.45) is 0 Å². The zero-order valence-corrected chi connectivity index (χ0v) is 10.4. The van der Waals surface area contributed by atoms with Crippen LogP contribution in [0.4, 0.5) is 5.69 Å². The van der Waals surface area contributed by atoms with Crippen LogP contribution >= 0.6 is 11.6 Å². The number of benzene rings is 1. The first-order valence-electron chi connectivity index (χ1n) is 5.58. The molecule has 17 heavy (non-hydrogen) atoms. The van der Waals surface area contributed by atoms with E-state index in [9.17, 15) is 0 Å². The molecule has 0 unspecified atom stereocenters. The minimum absolute atomic E-state index is 0.484. The summed E-state index contributed by atoms with van der Waals surface area (Å²) in [5.41, 5.74) is 6.97. The maximum absolute atomic E-state index is 5.94. The van der Waals surface area contributed by atoms with Gasteiger partial charge in [-0.05, 0) is 24.6 Å². The van der Waals surface area contributed by atoms with E-state index in [1.165, 1.54) is 0 Å². The lowest BCUT2D eigenvalue weighted by molar-refractivity contribution is 0.421. The number of halogens is 1. The molecule has 0 saturated heterocycles. The van der Waals surface area contributed by atoms with Crippen LogP contribution in [0.1, 0.15) is 25.6 Å². The first-order valence-corrected chi connectivity index (χ1v) is 5.96. The lowest BCUT2D eigenvalue weighted by Gasteiger charge is -1.98. The molecule has 2 aromatic rings. The molecule has 0 aliphatic carbocycles. The Bertz CT molecular complexity index is 510. The summed E-state index contributed by atoms with van der Waals surface area (Å²) < 4.78 is 5.18. The molecule has 0 bridgehead atoms. The second-order valence-corrected chi connectivity index (χ2v) is 4.26. The Kier molecular flexibility index (Phi) is 3.64. The Hall–Kier alpha value is -1.55. The molecule has 0 fully saturated rings. The Morgan fingerprint density at radius 3 is 2.94 bits per heavy atom. The summed E-state index contributed by atoms with van der Waals surface area (Å²) in [4.78, 5) is 4.31. The van der Waals surface area contributed by atoms with Crippen LogP contribution in [0.25, 0.3) is 11.5 Å². The Morgan fingerprint density at radius 1 is 1.41 bits per heavy atom. The third-order valence-corrected chi connectivity index (χ3v) is 2.80. The molecule has 0 spiro atoms. The van der Waals surface area contributed by atoms with Crippen LogP contribution in [0.2, 0.25) is 5.02 Å². The van der Waals surface area contributed by atoms with E-state index in [2.05, 4.69) is 17.1 Å². The van der Waals surface area contributed by atoms with Gasteiger partial charge < -0.3 is 10.3 Å². The van der Waals surface area contributed by atoms with Crippen LogP contribution in [0.5, 0.6) is 0 Å². The lowest BCUT2D eigenvalue weighted by atomic mass is 10.2. The molecule has 0 saturated carbocycles. The van der Waals surface area contributed by atoms with Crippen LogP contribution in [0, 0.1) is 0 Å². The molecule has 0 atom stereocenters. The second-order valence-electron chi connectivity index (χ2n) is 3.86. The summed E-state index contributed by atoms with van der Waals surface area (Å²) in [5.74, 6) is 1.22. The number of anilines is 1. The highest BCUT2D eigenvalue weighted by molar-refractivity contribution is 6.33. The van der Waals surface area contributed by atoms with E-state index in [0.29, 0.717) is 16.6 Å². The Balaban J connectivity index is 2.21. The third-order valence-electron chi connectivity index (χ3n) is 2.47. The van der Waals surface area contributed by atoms with Crippen molar-refractivity contribution in [2.45, 2.75) is 26.2 Å². The van der Waals surface area contributed by atoms with Crippen molar-refractivity contribution in [1.29, 1.82) is 0 Å². The fraction of sp³-hybridized carbons (Fsp3) is 0.333. The van der Waals surface area contributed by atoms with Crippen LogP contribution in [0.3, 0.4) is 0 Å². The fourth-order valence-corrected chi connectivity index (χ4v) is 1.65. The highest BCUT2D eigenvalue weighted by Gasteiger charge is 2.09. The highest BCUT2D eigenvalue weighted by atomic mass is 35.5. The summed E-state index contributed by atoms with van der Waals surface area (Å²) in [7, 11) is 0. The molecule has 0 aliphatic heterocycles. The van der Waals surface area contributed by atoms with Gasteiger partial charge in [-0.1, -0.05) is 30.1 Å². The van der Waals surface area contributed by atoms with E-state index in [0.717, 1.165) is 30.7 Å². The van der Waals surface area contributed by atoms with E-state index in [4.69, 9.17) is 21.9 Å². The predicted octanol–water partition coefficient (Wildman–Crippen LogP) is 3.31. The van der Waals surface area contributed by atoms with Crippen LogP contribution in [-0.4, -0.2) is 10.1 Å². The predicted molar refractivity (Wildman–Crippen MR) is 67.8 cm³/mol. The zero-order chi connectivity index (χ0) is 12.3. The number of unbranched alkanes of at least 4 members (excludes halogenated alkanes) is 1. The van der Waals surface area contributed by atoms with E-state index >= 15 is 0 Å². The molecule has 1 heterocycles. The van der Waals surface area contributed by atoms with Gasteiger partial charge in [0.15, 0.2) is 5.82 Å². The van der Waals surface area contributed by atoms with Gasteiger partial charge in [0.1, 0.15) is 0 Å². The maximum Gasteiger partial charge on any atom is 0.257 e. The normalized spacial score (nSPS) is 10.7. The standard InChI is InChI=1S/C12H14ClN3O/c1-2-3-4-11-15-12(17-16-11)8-5-6-10(14)9(13)7-8/h5-7H,2-4,14H2,1H3. The zero-order valence-electron chi connectivity index (χ0n) is 9.61.